The Balaban J connectivity index is 0.00000385. The molecule has 0 aliphatic heterocycles. The Hall–Kier alpha value is -2.29. The highest BCUT2D eigenvalue weighted by atomic mass is 35.5. The number of benzene rings is 3. The Morgan fingerprint density at radius 3 is 2.18 bits per heavy atom. The van der Waals surface area contributed by atoms with Crippen LogP contribution >= 0.6 is 23.2 Å². The summed E-state index contributed by atoms with van der Waals surface area (Å²) in [6.07, 6.45) is 0. The third-order valence-corrected chi connectivity index (χ3v) is 7.47. The van der Waals surface area contributed by atoms with Crippen LogP contribution in [0.25, 0.3) is 0 Å². The highest BCUT2D eigenvalue weighted by molar-refractivity contribution is 7.90. The molecule has 33 heavy (non-hydrogen) atoms. The molecule has 0 fully saturated rings. The number of carbonyl (C=O) groups is 1. The average molecular weight is 529 g/mol. The molecule has 0 aromatic heterocycles. The maximum absolute atomic E-state index is 12.7. The van der Waals surface area contributed by atoms with Gasteiger partial charge in [0.1, 0.15) is 0 Å². The number of hydrogen-bond donors (Lipinski definition) is 3. The van der Waals surface area contributed by atoms with Crippen LogP contribution in [0.1, 0.15) is 29.7 Å². The number of rotatable bonds is 7. The second kappa shape index (κ2) is 11.7. The van der Waals surface area contributed by atoms with Gasteiger partial charge in [-0.1, -0.05) is 59.6 Å². The smallest absolute Gasteiger partial charge is 0.319 e. The molecule has 0 unspecified atom stereocenters. The molecule has 0 saturated heterocycles. The van der Waals surface area contributed by atoms with Crippen LogP contribution in [-0.4, -0.2) is 14.4 Å². The fourth-order valence-corrected chi connectivity index (χ4v) is 4.97. The van der Waals surface area contributed by atoms with Gasteiger partial charge in [0.05, 0.1) is 33.3 Å². The van der Waals surface area contributed by atoms with Crippen molar-refractivity contribution in [1.82, 2.24) is 5.32 Å². The number of hydrogen-bond acceptors (Lipinski definition) is 3. The summed E-state index contributed by atoms with van der Waals surface area (Å²) >= 11 is 12.2. The Kier molecular flexibility index (Phi) is 9.57. The number of halogens is 3. The summed E-state index contributed by atoms with van der Waals surface area (Å²) < 4.78 is 25.4. The second-order valence-corrected chi connectivity index (χ2v) is 10.1. The molecule has 0 radical (unpaired) electrons. The minimum absolute atomic E-state index is 0. The van der Waals surface area contributed by atoms with Crippen molar-refractivity contribution in [2.45, 2.75) is 30.2 Å². The van der Waals surface area contributed by atoms with Gasteiger partial charge in [-0.3, -0.25) is 0 Å². The Labute approximate surface area is 209 Å². The van der Waals surface area contributed by atoms with Crippen molar-refractivity contribution in [3.05, 3.63) is 93.5 Å². The van der Waals surface area contributed by atoms with E-state index in [4.69, 9.17) is 23.2 Å². The lowest BCUT2D eigenvalue weighted by Crippen LogP contribution is -3.00. The van der Waals surface area contributed by atoms with E-state index in [0.29, 0.717) is 33.4 Å². The molecule has 0 saturated carbocycles. The zero-order valence-corrected chi connectivity index (χ0v) is 20.9. The van der Waals surface area contributed by atoms with Gasteiger partial charge in [0, 0.05) is 11.3 Å². The maximum atomic E-state index is 12.7. The largest absolute Gasteiger partial charge is 1.00 e. The number of nitrogens with one attached hydrogen (secondary N) is 2. The van der Waals surface area contributed by atoms with Crippen LogP contribution in [0.5, 0.6) is 0 Å². The number of urea groups is 1. The van der Waals surface area contributed by atoms with Crippen LogP contribution in [0.3, 0.4) is 0 Å². The van der Waals surface area contributed by atoms with Gasteiger partial charge in [0.25, 0.3) is 0 Å². The van der Waals surface area contributed by atoms with Crippen molar-refractivity contribution in [2.24, 2.45) is 0 Å². The van der Waals surface area contributed by atoms with E-state index in [1.807, 2.05) is 12.1 Å². The second-order valence-electron chi connectivity index (χ2n) is 7.31. The molecule has 10 heteroatoms. The molecule has 3 aromatic carbocycles. The highest BCUT2D eigenvalue weighted by Gasteiger charge is 2.17. The van der Waals surface area contributed by atoms with Gasteiger partial charge in [0.2, 0.25) is 0 Å². The van der Waals surface area contributed by atoms with Gasteiger partial charge in [-0.2, -0.15) is 0 Å². The molecule has 2 amide bonds. The molecular weight excluding hydrogens is 505 g/mol. The molecule has 0 heterocycles. The summed E-state index contributed by atoms with van der Waals surface area (Å²) in [5.41, 5.74) is 6.72. The monoisotopic (exact) mass is 527 g/mol. The van der Waals surface area contributed by atoms with E-state index in [9.17, 15) is 13.2 Å². The third kappa shape index (κ3) is 7.09. The van der Waals surface area contributed by atoms with Gasteiger partial charge in [0.15, 0.2) is 9.84 Å². The molecule has 6 nitrogen and oxygen atoms in total. The first-order chi connectivity index (χ1) is 15.2. The summed E-state index contributed by atoms with van der Waals surface area (Å²) in [7, 11) is -3.51. The first kappa shape index (κ1) is 27.0. The lowest BCUT2D eigenvalue weighted by Gasteiger charge is -2.17. The van der Waals surface area contributed by atoms with E-state index in [1.165, 1.54) is 12.1 Å². The van der Waals surface area contributed by atoms with Gasteiger partial charge >= 0.3 is 6.03 Å². The number of quaternary nitrogens is 1. The van der Waals surface area contributed by atoms with Crippen molar-refractivity contribution in [2.75, 3.05) is 5.32 Å². The molecule has 5 N–H and O–H groups in total. The van der Waals surface area contributed by atoms with E-state index in [-0.39, 0.29) is 29.1 Å². The van der Waals surface area contributed by atoms with Gasteiger partial charge in [-0.25, -0.2) is 13.2 Å². The maximum Gasteiger partial charge on any atom is 0.319 e. The Morgan fingerprint density at radius 1 is 0.970 bits per heavy atom. The number of anilines is 1. The van der Waals surface area contributed by atoms with Crippen LogP contribution in [-0.2, 0) is 22.1 Å². The molecule has 0 bridgehead atoms. The predicted octanol–water partition coefficient (Wildman–Crippen LogP) is 1.60. The zero-order valence-electron chi connectivity index (χ0n) is 17.8. The van der Waals surface area contributed by atoms with Crippen molar-refractivity contribution in [3.8, 4) is 0 Å². The molecule has 1 atom stereocenters. The van der Waals surface area contributed by atoms with E-state index in [2.05, 4.69) is 16.4 Å². The standard InChI is InChI=1S/C23H23Cl2N3O3S.ClH/c1-15(20-3-2-4-21(24)22(20)25)27-23(29)28-18-9-11-19(12-10-18)32(30,31)14-17-7-5-16(13-26)6-8-17;/h2-12,15H,13-14,26H2,1H3,(H2,27,28,29);1H/t15-;/m0./s1. The zero-order chi connectivity index (χ0) is 23.3. The summed E-state index contributed by atoms with van der Waals surface area (Å²) in [5, 5.41) is 6.27. The molecule has 0 aliphatic rings. The summed E-state index contributed by atoms with van der Waals surface area (Å²) in [6.45, 7) is 2.44. The quantitative estimate of drug-likeness (QED) is 0.434. The first-order valence-corrected chi connectivity index (χ1v) is 12.3. The average Bonchev–Trinajstić information content (AvgIpc) is 2.76. The van der Waals surface area contributed by atoms with E-state index in [1.54, 1.807) is 49.4 Å². The van der Waals surface area contributed by atoms with E-state index >= 15 is 0 Å². The molecular formula is C23H24Cl3N3O3S. The SMILES string of the molecule is C[C@H](NC(=O)Nc1ccc(S(=O)(=O)Cc2ccc(C[NH3+])cc2)cc1)c1cccc(Cl)c1Cl.[Cl-]. The van der Waals surface area contributed by atoms with Crippen LogP contribution in [0.15, 0.2) is 71.6 Å². The fraction of sp³-hybridized carbons (Fsp3) is 0.174. The molecule has 3 rings (SSSR count). The lowest BCUT2D eigenvalue weighted by molar-refractivity contribution is -0.386. The first-order valence-electron chi connectivity index (χ1n) is 9.91. The van der Waals surface area contributed by atoms with Crippen LogP contribution in [0.4, 0.5) is 10.5 Å². The molecule has 176 valence electrons. The van der Waals surface area contributed by atoms with E-state index < -0.39 is 15.9 Å². The van der Waals surface area contributed by atoms with Crippen molar-refractivity contribution < 1.29 is 31.4 Å². The number of sulfone groups is 1. The fourth-order valence-electron chi connectivity index (χ4n) is 3.15. The topological polar surface area (TPSA) is 103 Å². The summed E-state index contributed by atoms with van der Waals surface area (Å²) in [6, 6.07) is 17.8. The van der Waals surface area contributed by atoms with Gasteiger partial charge in [-0.15, -0.1) is 0 Å². The number of amides is 2. The van der Waals surface area contributed by atoms with Crippen molar-refractivity contribution in [1.29, 1.82) is 0 Å². The summed E-state index contributed by atoms with van der Waals surface area (Å²) in [4.78, 5) is 12.5. The Bertz CT molecular complexity index is 1200. The van der Waals surface area contributed by atoms with Crippen molar-refractivity contribution in [3.63, 3.8) is 0 Å². The Morgan fingerprint density at radius 2 is 1.58 bits per heavy atom. The van der Waals surface area contributed by atoms with Crippen LogP contribution in [0.2, 0.25) is 10.0 Å². The predicted molar refractivity (Wildman–Crippen MR) is 127 cm³/mol. The highest BCUT2D eigenvalue weighted by Crippen LogP contribution is 2.29. The minimum atomic E-state index is -3.51. The van der Waals surface area contributed by atoms with Gasteiger partial charge in [-0.05, 0) is 48.4 Å². The van der Waals surface area contributed by atoms with E-state index in [0.717, 1.165) is 5.56 Å². The van der Waals surface area contributed by atoms with Gasteiger partial charge < -0.3 is 28.8 Å². The normalized spacial score (nSPS) is 11.9. The van der Waals surface area contributed by atoms with Crippen molar-refractivity contribution >= 4 is 44.8 Å². The number of carbonyl (C=O) groups excluding carboxylic acids is 1. The summed E-state index contributed by atoms with van der Waals surface area (Å²) in [5.74, 6) is -0.102. The molecule has 0 spiro atoms. The van der Waals surface area contributed by atoms with Crippen LogP contribution < -0.4 is 28.8 Å². The third-order valence-electron chi connectivity index (χ3n) is 4.94. The molecule has 0 aliphatic carbocycles. The lowest BCUT2D eigenvalue weighted by atomic mass is 10.1. The minimum Gasteiger partial charge on any atom is -1.00 e. The van der Waals surface area contributed by atoms with Crippen LogP contribution in [0, 0.1) is 0 Å². The molecule has 3 aromatic rings.